The van der Waals surface area contributed by atoms with Gasteiger partial charge in [0.05, 0.1) is 0 Å². The van der Waals surface area contributed by atoms with Crippen LogP contribution < -0.4 is 10.6 Å². The average Bonchev–Trinajstić information content (AvgIpc) is 3.04. The van der Waals surface area contributed by atoms with Crippen molar-refractivity contribution in [3.8, 4) is 0 Å². The molecule has 1 aliphatic carbocycles. The number of hydrogen-bond acceptors (Lipinski definition) is 2. The van der Waals surface area contributed by atoms with Gasteiger partial charge in [-0.2, -0.15) is 0 Å². The summed E-state index contributed by atoms with van der Waals surface area (Å²) in [5, 5.41) is 0. The Labute approximate surface area is 92.1 Å². The van der Waals surface area contributed by atoms with Crippen molar-refractivity contribution in [2.75, 3.05) is 11.4 Å². The molecule has 0 amide bonds. The van der Waals surface area contributed by atoms with Gasteiger partial charge < -0.3 is 10.6 Å². The molecule has 1 aromatic rings. The average molecular weight is 204 g/mol. The summed E-state index contributed by atoms with van der Waals surface area (Å²) in [6.45, 7) is 6.09. The lowest BCUT2D eigenvalue weighted by Crippen LogP contribution is -2.26. The maximum atomic E-state index is 5.79. The molecule has 0 unspecified atom stereocenters. The molecule has 0 atom stereocenters. The summed E-state index contributed by atoms with van der Waals surface area (Å²) >= 11 is 0. The molecule has 0 saturated heterocycles. The fraction of sp³-hybridized carbons (Fsp3) is 0.538. The van der Waals surface area contributed by atoms with E-state index in [4.69, 9.17) is 5.73 Å². The number of rotatable bonds is 4. The lowest BCUT2D eigenvalue weighted by atomic mass is 10.1. The van der Waals surface area contributed by atoms with Crippen LogP contribution in [0.1, 0.15) is 30.9 Å². The van der Waals surface area contributed by atoms with E-state index in [0.717, 1.165) is 12.6 Å². The fourth-order valence-corrected chi connectivity index (χ4v) is 2.13. The largest absolute Gasteiger partial charge is 0.369 e. The molecule has 15 heavy (non-hydrogen) atoms. The maximum Gasteiger partial charge on any atom is 0.0416 e. The molecule has 0 heterocycles. The monoisotopic (exact) mass is 204 g/mol. The lowest BCUT2D eigenvalue weighted by molar-refractivity contribution is 0.815. The third-order valence-corrected chi connectivity index (χ3v) is 3.10. The summed E-state index contributed by atoms with van der Waals surface area (Å²) in [6.07, 6.45) is 2.68. The van der Waals surface area contributed by atoms with E-state index in [1.54, 1.807) is 0 Å². The number of aryl methyl sites for hydroxylation is 1. The molecule has 2 heteroatoms. The molecule has 1 fully saturated rings. The standard InChI is InChI=1S/C13H20N2/c1-3-15(12-6-7-12)13-8-10(2)4-5-11(13)9-14/h4-5,8,12H,3,6-7,9,14H2,1-2H3. The third-order valence-electron chi connectivity index (χ3n) is 3.10. The van der Waals surface area contributed by atoms with Crippen LogP contribution in [0.3, 0.4) is 0 Å². The van der Waals surface area contributed by atoms with Gasteiger partial charge in [-0.3, -0.25) is 0 Å². The molecule has 0 spiro atoms. The molecule has 2 rings (SSSR count). The van der Waals surface area contributed by atoms with E-state index >= 15 is 0 Å². The topological polar surface area (TPSA) is 29.3 Å². The van der Waals surface area contributed by atoms with E-state index in [0.29, 0.717) is 6.54 Å². The Morgan fingerprint density at radius 2 is 2.13 bits per heavy atom. The van der Waals surface area contributed by atoms with Crippen molar-refractivity contribution in [1.82, 2.24) is 0 Å². The van der Waals surface area contributed by atoms with Crippen LogP contribution >= 0.6 is 0 Å². The van der Waals surface area contributed by atoms with E-state index in [9.17, 15) is 0 Å². The zero-order chi connectivity index (χ0) is 10.8. The van der Waals surface area contributed by atoms with E-state index in [1.165, 1.54) is 29.7 Å². The predicted molar refractivity (Wildman–Crippen MR) is 65.1 cm³/mol. The highest BCUT2D eigenvalue weighted by Crippen LogP contribution is 2.33. The molecule has 1 aromatic carbocycles. The van der Waals surface area contributed by atoms with Gasteiger partial charge in [0.2, 0.25) is 0 Å². The first kappa shape index (κ1) is 10.5. The van der Waals surface area contributed by atoms with Gasteiger partial charge in [0.25, 0.3) is 0 Å². The van der Waals surface area contributed by atoms with E-state index in [-0.39, 0.29) is 0 Å². The van der Waals surface area contributed by atoms with Crippen molar-refractivity contribution < 1.29 is 0 Å². The highest BCUT2D eigenvalue weighted by atomic mass is 15.2. The molecule has 0 aliphatic heterocycles. The number of benzene rings is 1. The van der Waals surface area contributed by atoms with Crippen molar-refractivity contribution in [3.63, 3.8) is 0 Å². The Kier molecular flexibility index (Phi) is 2.96. The zero-order valence-corrected chi connectivity index (χ0v) is 9.66. The normalized spacial score (nSPS) is 15.4. The number of hydrogen-bond donors (Lipinski definition) is 1. The summed E-state index contributed by atoms with van der Waals surface area (Å²) < 4.78 is 0. The summed E-state index contributed by atoms with van der Waals surface area (Å²) in [4.78, 5) is 2.50. The van der Waals surface area contributed by atoms with E-state index < -0.39 is 0 Å². The fourth-order valence-electron chi connectivity index (χ4n) is 2.13. The Balaban J connectivity index is 2.34. The van der Waals surface area contributed by atoms with Crippen LogP contribution in [0.4, 0.5) is 5.69 Å². The van der Waals surface area contributed by atoms with Gasteiger partial charge in [0, 0.05) is 24.8 Å². The number of anilines is 1. The van der Waals surface area contributed by atoms with Crippen molar-refractivity contribution in [2.45, 2.75) is 39.3 Å². The third kappa shape index (κ3) is 2.15. The SMILES string of the molecule is CCN(c1cc(C)ccc1CN)C1CC1. The van der Waals surface area contributed by atoms with Gasteiger partial charge in [-0.1, -0.05) is 12.1 Å². The molecule has 0 aromatic heterocycles. The minimum Gasteiger partial charge on any atom is -0.369 e. The highest BCUT2D eigenvalue weighted by Gasteiger charge is 2.29. The van der Waals surface area contributed by atoms with Gasteiger partial charge in [0.15, 0.2) is 0 Å². The maximum absolute atomic E-state index is 5.79. The summed E-state index contributed by atoms with van der Waals surface area (Å²) in [5.74, 6) is 0. The van der Waals surface area contributed by atoms with Crippen molar-refractivity contribution in [3.05, 3.63) is 29.3 Å². The quantitative estimate of drug-likeness (QED) is 0.816. The molecule has 0 radical (unpaired) electrons. The second-order valence-electron chi connectivity index (χ2n) is 4.35. The van der Waals surface area contributed by atoms with Gasteiger partial charge in [-0.25, -0.2) is 0 Å². The Morgan fingerprint density at radius 1 is 1.40 bits per heavy atom. The first-order valence-corrected chi connectivity index (χ1v) is 5.82. The predicted octanol–water partition coefficient (Wildman–Crippen LogP) is 2.44. The van der Waals surface area contributed by atoms with Crippen LogP contribution in [0.2, 0.25) is 0 Å². The van der Waals surface area contributed by atoms with Crippen molar-refractivity contribution >= 4 is 5.69 Å². The Hall–Kier alpha value is -1.02. The summed E-state index contributed by atoms with van der Waals surface area (Å²) in [6, 6.07) is 7.34. The molecule has 2 nitrogen and oxygen atoms in total. The van der Waals surface area contributed by atoms with E-state index in [1.807, 2.05) is 0 Å². The molecular weight excluding hydrogens is 184 g/mol. The summed E-state index contributed by atoms with van der Waals surface area (Å²) in [7, 11) is 0. The van der Waals surface area contributed by atoms with Crippen molar-refractivity contribution in [1.29, 1.82) is 0 Å². The number of nitrogens with two attached hydrogens (primary N) is 1. The van der Waals surface area contributed by atoms with Crippen LogP contribution in [0, 0.1) is 6.92 Å². The van der Waals surface area contributed by atoms with Crippen LogP contribution in [0.5, 0.6) is 0 Å². The number of nitrogens with zero attached hydrogens (tertiary/aromatic N) is 1. The highest BCUT2D eigenvalue weighted by molar-refractivity contribution is 5.57. The van der Waals surface area contributed by atoms with Crippen LogP contribution in [-0.2, 0) is 6.54 Å². The molecule has 1 saturated carbocycles. The van der Waals surface area contributed by atoms with Gasteiger partial charge in [0.1, 0.15) is 0 Å². The first-order valence-electron chi connectivity index (χ1n) is 5.82. The second kappa shape index (κ2) is 4.23. The lowest BCUT2D eigenvalue weighted by Gasteiger charge is -2.25. The Morgan fingerprint density at radius 3 is 2.67 bits per heavy atom. The minimum atomic E-state index is 0.638. The summed E-state index contributed by atoms with van der Waals surface area (Å²) in [5.41, 5.74) is 9.73. The molecular formula is C13H20N2. The van der Waals surface area contributed by atoms with E-state index in [2.05, 4.69) is 36.9 Å². The van der Waals surface area contributed by atoms with Gasteiger partial charge in [-0.15, -0.1) is 0 Å². The minimum absolute atomic E-state index is 0.638. The molecule has 0 bridgehead atoms. The van der Waals surface area contributed by atoms with Crippen LogP contribution in [0.25, 0.3) is 0 Å². The Bertz CT molecular complexity index is 342. The molecule has 1 aliphatic rings. The molecule has 82 valence electrons. The molecule has 2 N–H and O–H groups in total. The van der Waals surface area contributed by atoms with Crippen LogP contribution in [0.15, 0.2) is 18.2 Å². The zero-order valence-electron chi connectivity index (χ0n) is 9.66. The smallest absolute Gasteiger partial charge is 0.0416 e. The van der Waals surface area contributed by atoms with Gasteiger partial charge >= 0.3 is 0 Å². The first-order chi connectivity index (χ1) is 7.26. The van der Waals surface area contributed by atoms with Gasteiger partial charge in [-0.05, 0) is 43.9 Å². The van der Waals surface area contributed by atoms with Crippen molar-refractivity contribution in [2.24, 2.45) is 5.73 Å². The van der Waals surface area contributed by atoms with Crippen LogP contribution in [-0.4, -0.2) is 12.6 Å². The second-order valence-corrected chi connectivity index (χ2v) is 4.35.